The predicted octanol–water partition coefficient (Wildman–Crippen LogP) is 3.34. The topological polar surface area (TPSA) is 94.2 Å². The molecule has 2 heterocycles. The van der Waals surface area contributed by atoms with Crippen molar-refractivity contribution < 1.29 is 32.3 Å². The van der Waals surface area contributed by atoms with Gasteiger partial charge in [-0.1, -0.05) is 12.1 Å². The van der Waals surface area contributed by atoms with E-state index in [2.05, 4.69) is 10.6 Å². The summed E-state index contributed by atoms with van der Waals surface area (Å²) in [5.41, 5.74) is 0.0695. The number of piperazine rings is 1. The summed E-state index contributed by atoms with van der Waals surface area (Å²) in [5, 5.41) is 5.61. The molecule has 12 heteroatoms. The molecule has 204 valence electrons. The molecule has 0 bridgehead atoms. The normalized spacial score (nSPS) is 21.3. The van der Waals surface area contributed by atoms with Crippen LogP contribution in [0.25, 0.3) is 0 Å². The third-order valence-corrected chi connectivity index (χ3v) is 6.40. The van der Waals surface area contributed by atoms with Crippen LogP contribution in [0.5, 0.6) is 0 Å². The highest BCUT2D eigenvalue weighted by molar-refractivity contribution is 5.95. The Morgan fingerprint density at radius 2 is 1.84 bits per heavy atom. The summed E-state index contributed by atoms with van der Waals surface area (Å²) in [6, 6.07) is 2.63. The Balaban J connectivity index is 1.92. The fourth-order valence-corrected chi connectivity index (χ4v) is 4.53. The minimum atomic E-state index is -4.51. The zero-order valence-electron chi connectivity index (χ0n) is 21.7. The van der Waals surface area contributed by atoms with E-state index in [4.69, 9.17) is 4.74 Å². The van der Waals surface area contributed by atoms with Gasteiger partial charge >= 0.3 is 24.2 Å². The van der Waals surface area contributed by atoms with Crippen molar-refractivity contribution in [1.29, 1.82) is 0 Å². The standard InChI is InChI=1S/C25H34F3N5O4/c1-6-37-22(34)20-19(14-32-11-12-33(16(4)13-32)24(36)29-15(2)3)31(5)23(35)30-21(20)17-7-9-18(10-8-17)25(26,27)28/h7-10,15-16,21H,6,11-14H2,1-5H3,(H,29,36)(H,30,35)/t16-,21+/m0/s1. The van der Waals surface area contributed by atoms with E-state index in [1.165, 1.54) is 24.1 Å². The number of benzene rings is 1. The van der Waals surface area contributed by atoms with Gasteiger partial charge < -0.3 is 20.3 Å². The molecule has 0 spiro atoms. The number of alkyl halides is 3. The number of urea groups is 2. The van der Waals surface area contributed by atoms with Crippen molar-refractivity contribution in [2.24, 2.45) is 0 Å². The third kappa shape index (κ3) is 6.54. The molecular weight excluding hydrogens is 491 g/mol. The van der Waals surface area contributed by atoms with Gasteiger partial charge in [0.1, 0.15) is 0 Å². The lowest BCUT2D eigenvalue weighted by Gasteiger charge is -2.42. The zero-order valence-corrected chi connectivity index (χ0v) is 21.7. The molecule has 2 aliphatic heterocycles. The second-order valence-electron chi connectivity index (χ2n) is 9.52. The van der Waals surface area contributed by atoms with Gasteiger partial charge in [-0.15, -0.1) is 0 Å². The average molecular weight is 526 g/mol. The number of rotatable bonds is 6. The van der Waals surface area contributed by atoms with E-state index in [0.29, 0.717) is 30.9 Å². The van der Waals surface area contributed by atoms with E-state index < -0.39 is 29.8 Å². The predicted molar refractivity (Wildman–Crippen MR) is 130 cm³/mol. The first-order chi connectivity index (χ1) is 17.3. The van der Waals surface area contributed by atoms with Gasteiger partial charge in [-0.3, -0.25) is 9.80 Å². The van der Waals surface area contributed by atoms with Crippen LogP contribution in [-0.4, -0.2) is 84.6 Å². The molecule has 4 amide bonds. The number of carbonyl (C=O) groups is 3. The minimum Gasteiger partial charge on any atom is -0.463 e. The molecule has 1 aromatic rings. The van der Waals surface area contributed by atoms with Crippen LogP contribution >= 0.6 is 0 Å². The molecular formula is C25H34F3N5O4. The van der Waals surface area contributed by atoms with Gasteiger partial charge in [0, 0.05) is 51.0 Å². The number of ether oxygens (including phenoxy) is 1. The highest BCUT2D eigenvalue weighted by Gasteiger charge is 2.39. The molecule has 0 unspecified atom stereocenters. The average Bonchev–Trinajstić information content (AvgIpc) is 2.81. The van der Waals surface area contributed by atoms with Gasteiger partial charge in [0.15, 0.2) is 0 Å². The van der Waals surface area contributed by atoms with E-state index in [0.717, 1.165) is 12.1 Å². The third-order valence-electron chi connectivity index (χ3n) is 6.40. The van der Waals surface area contributed by atoms with Gasteiger partial charge in [-0.2, -0.15) is 13.2 Å². The number of esters is 1. The first-order valence-electron chi connectivity index (χ1n) is 12.2. The van der Waals surface area contributed by atoms with Gasteiger partial charge in [0.25, 0.3) is 0 Å². The molecule has 1 saturated heterocycles. The summed E-state index contributed by atoms with van der Waals surface area (Å²) in [6.45, 7) is 9.14. The number of halogens is 3. The van der Waals surface area contributed by atoms with E-state index in [1.807, 2.05) is 25.7 Å². The van der Waals surface area contributed by atoms with Crippen LogP contribution in [0.2, 0.25) is 0 Å². The molecule has 1 aromatic carbocycles. The second kappa shape index (κ2) is 11.4. The minimum absolute atomic E-state index is 0.00607. The molecule has 2 atom stereocenters. The SMILES string of the molecule is CCOC(=O)C1=C(CN2CCN(C(=O)NC(C)C)[C@@H](C)C2)N(C)C(=O)N[C@@H]1c1ccc(C(F)(F)F)cc1. The first kappa shape index (κ1) is 28.3. The molecule has 1 fully saturated rings. The first-order valence-corrected chi connectivity index (χ1v) is 12.2. The molecule has 9 nitrogen and oxygen atoms in total. The van der Waals surface area contributed by atoms with Crippen LogP contribution in [0.1, 0.15) is 44.9 Å². The van der Waals surface area contributed by atoms with Crippen LogP contribution in [-0.2, 0) is 15.7 Å². The van der Waals surface area contributed by atoms with Crippen molar-refractivity contribution >= 4 is 18.0 Å². The maximum atomic E-state index is 13.1. The monoisotopic (exact) mass is 525 g/mol. The highest BCUT2D eigenvalue weighted by atomic mass is 19.4. The number of amides is 4. The van der Waals surface area contributed by atoms with E-state index >= 15 is 0 Å². The number of likely N-dealkylation sites (N-methyl/N-ethyl adjacent to an activating group) is 1. The van der Waals surface area contributed by atoms with Gasteiger partial charge in [-0.05, 0) is 45.4 Å². The van der Waals surface area contributed by atoms with Crippen molar-refractivity contribution in [3.8, 4) is 0 Å². The number of nitrogens with one attached hydrogen (secondary N) is 2. The molecule has 3 rings (SSSR count). The Morgan fingerprint density at radius 3 is 2.38 bits per heavy atom. The lowest BCUT2D eigenvalue weighted by atomic mass is 9.93. The van der Waals surface area contributed by atoms with Gasteiger partial charge in [0.05, 0.1) is 23.8 Å². The maximum absolute atomic E-state index is 13.1. The van der Waals surface area contributed by atoms with Crippen molar-refractivity contribution in [2.75, 3.05) is 39.8 Å². The summed E-state index contributed by atoms with van der Waals surface area (Å²) in [4.78, 5) is 43.6. The van der Waals surface area contributed by atoms with Crippen LogP contribution in [0.3, 0.4) is 0 Å². The summed E-state index contributed by atoms with van der Waals surface area (Å²) in [5.74, 6) is -0.655. The number of hydrogen-bond donors (Lipinski definition) is 2. The van der Waals surface area contributed by atoms with Crippen molar-refractivity contribution in [3.05, 3.63) is 46.7 Å². The molecule has 0 saturated carbocycles. The van der Waals surface area contributed by atoms with Crippen LogP contribution in [0, 0.1) is 0 Å². The van der Waals surface area contributed by atoms with Crippen molar-refractivity contribution in [2.45, 2.75) is 52.0 Å². The Labute approximate surface area is 214 Å². The Bertz CT molecular complexity index is 1040. The van der Waals surface area contributed by atoms with E-state index in [-0.39, 0.29) is 36.8 Å². The maximum Gasteiger partial charge on any atom is 0.416 e. The van der Waals surface area contributed by atoms with Gasteiger partial charge in [-0.25, -0.2) is 14.4 Å². The molecule has 2 N–H and O–H groups in total. The van der Waals surface area contributed by atoms with Crippen molar-refractivity contribution in [1.82, 2.24) is 25.3 Å². The molecule has 37 heavy (non-hydrogen) atoms. The largest absolute Gasteiger partial charge is 0.463 e. The number of hydrogen-bond acceptors (Lipinski definition) is 5. The molecule has 2 aliphatic rings. The lowest BCUT2D eigenvalue weighted by molar-refractivity contribution is -0.139. The smallest absolute Gasteiger partial charge is 0.416 e. The van der Waals surface area contributed by atoms with Crippen LogP contribution in [0.15, 0.2) is 35.5 Å². The second-order valence-corrected chi connectivity index (χ2v) is 9.52. The summed E-state index contributed by atoms with van der Waals surface area (Å²) in [6.07, 6.45) is -4.51. The Kier molecular flexibility index (Phi) is 8.72. The lowest BCUT2D eigenvalue weighted by Crippen LogP contribution is -2.58. The highest BCUT2D eigenvalue weighted by Crippen LogP contribution is 2.34. The molecule has 0 radical (unpaired) electrons. The van der Waals surface area contributed by atoms with E-state index in [9.17, 15) is 27.6 Å². The summed E-state index contributed by atoms with van der Waals surface area (Å²) in [7, 11) is 1.53. The zero-order chi connectivity index (χ0) is 27.5. The van der Waals surface area contributed by atoms with Crippen LogP contribution < -0.4 is 10.6 Å². The van der Waals surface area contributed by atoms with Gasteiger partial charge in [0.2, 0.25) is 0 Å². The molecule has 0 aliphatic carbocycles. The van der Waals surface area contributed by atoms with Crippen LogP contribution in [0.4, 0.5) is 22.8 Å². The number of nitrogens with zero attached hydrogens (tertiary/aromatic N) is 3. The summed E-state index contributed by atoms with van der Waals surface area (Å²) < 4.78 is 44.5. The number of carbonyl (C=O) groups excluding carboxylic acids is 3. The summed E-state index contributed by atoms with van der Waals surface area (Å²) >= 11 is 0. The Morgan fingerprint density at radius 1 is 1.19 bits per heavy atom. The van der Waals surface area contributed by atoms with Crippen molar-refractivity contribution in [3.63, 3.8) is 0 Å². The van der Waals surface area contributed by atoms with E-state index in [1.54, 1.807) is 11.8 Å². The fraction of sp³-hybridized carbons (Fsp3) is 0.560. The quantitative estimate of drug-likeness (QED) is 0.556. The Hall–Kier alpha value is -3.28. The molecule has 0 aromatic heterocycles. The fourth-order valence-electron chi connectivity index (χ4n) is 4.53.